The van der Waals surface area contributed by atoms with Gasteiger partial charge in [0, 0.05) is 23.6 Å². The third-order valence-corrected chi connectivity index (χ3v) is 8.67. The van der Waals surface area contributed by atoms with Crippen molar-refractivity contribution < 1.29 is 37.7 Å². The third-order valence-electron chi connectivity index (χ3n) is 8.67. The van der Waals surface area contributed by atoms with Crippen LogP contribution < -0.4 is 0 Å². The first-order valence-corrected chi connectivity index (χ1v) is 14.0. The lowest BCUT2D eigenvalue weighted by molar-refractivity contribution is -0.276. The molecule has 1 aromatic carbocycles. The van der Waals surface area contributed by atoms with Crippen LogP contribution in [0.2, 0.25) is 0 Å². The number of ketones is 1. The maximum Gasteiger partial charge on any atom is 0.433 e. The number of Topliss-reactive ketones (excluding diaryl/α,β-unsaturated/α-hetero) is 1. The summed E-state index contributed by atoms with van der Waals surface area (Å²) >= 11 is 0. The number of esters is 1. The van der Waals surface area contributed by atoms with E-state index < -0.39 is 59.9 Å². The number of fused-ring (bicyclic) bond motifs is 1. The molecule has 0 amide bonds. The van der Waals surface area contributed by atoms with Crippen LogP contribution in [-0.4, -0.2) is 46.1 Å². The van der Waals surface area contributed by atoms with Gasteiger partial charge in [-0.05, 0) is 63.5 Å². The van der Waals surface area contributed by atoms with Gasteiger partial charge in [-0.15, -0.1) is 0 Å². The molecule has 0 saturated heterocycles. The maximum atomic E-state index is 15.1. The predicted molar refractivity (Wildman–Crippen MR) is 147 cm³/mol. The van der Waals surface area contributed by atoms with Gasteiger partial charge in [-0.25, -0.2) is 0 Å². The fourth-order valence-corrected chi connectivity index (χ4v) is 5.60. The topological polar surface area (TPSA) is 96.2 Å². The monoisotopic (exact) mass is 565 g/mol. The van der Waals surface area contributed by atoms with Gasteiger partial charge in [0.15, 0.2) is 0 Å². The van der Waals surface area contributed by atoms with Crippen molar-refractivity contribution in [3.8, 4) is 0 Å². The van der Waals surface area contributed by atoms with Gasteiger partial charge in [0.25, 0.3) is 0 Å². The number of aliphatic imine (C=N–C) groups is 1. The Morgan fingerprint density at radius 1 is 1.05 bits per heavy atom. The average molecular weight is 566 g/mol. The molecule has 2 heterocycles. The molecule has 222 valence electrons. The van der Waals surface area contributed by atoms with E-state index in [2.05, 4.69) is 4.99 Å². The number of aliphatic hydroxyl groups is 2. The van der Waals surface area contributed by atoms with Gasteiger partial charge in [-0.2, -0.15) is 13.2 Å². The van der Waals surface area contributed by atoms with E-state index in [-0.39, 0.29) is 11.5 Å². The highest BCUT2D eigenvalue weighted by Gasteiger charge is 2.59. The fourth-order valence-electron chi connectivity index (χ4n) is 5.60. The van der Waals surface area contributed by atoms with Crippen LogP contribution in [0.15, 0.2) is 34.8 Å². The molecule has 0 aliphatic carbocycles. The van der Waals surface area contributed by atoms with Crippen molar-refractivity contribution in [2.45, 2.75) is 110 Å². The number of cyclic esters (lactones) is 1. The summed E-state index contributed by atoms with van der Waals surface area (Å²) in [7, 11) is 0. The minimum atomic E-state index is -4.99. The zero-order chi connectivity index (χ0) is 30.0. The van der Waals surface area contributed by atoms with Crippen LogP contribution in [0.5, 0.6) is 0 Å². The molecular formula is C31H42F3NO5. The third kappa shape index (κ3) is 6.68. The average Bonchev–Trinajstić information content (AvgIpc) is 2.87. The number of ether oxygens (including phenoxy) is 1. The molecule has 3 rings (SSSR count). The minimum Gasteiger partial charge on any atom is -0.444 e. The molecule has 2 aliphatic rings. The number of aryl methyl sites for hydroxylation is 1. The largest absolute Gasteiger partial charge is 0.444 e. The summed E-state index contributed by atoms with van der Waals surface area (Å²) in [6.07, 6.45) is -4.57. The first-order chi connectivity index (χ1) is 18.5. The number of allylic oxidation sites excluding steroid dienone is 1. The number of halogens is 3. The van der Waals surface area contributed by atoms with E-state index in [4.69, 9.17) is 4.74 Å². The molecule has 6 nitrogen and oxygen atoms in total. The number of benzene rings is 1. The van der Waals surface area contributed by atoms with Gasteiger partial charge in [0.1, 0.15) is 5.78 Å². The Morgan fingerprint density at radius 2 is 1.73 bits per heavy atom. The molecule has 9 heteroatoms. The number of aliphatic hydroxyl groups excluding tert-OH is 2. The lowest BCUT2D eigenvalue weighted by atomic mass is 9.73. The number of hydrogen-bond acceptors (Lipinski definition) is 6. The number of rotatable bonds is 1. The van der Waals surface area contributed by atoms with Crippen molar-refractivity contribution in [3.63, 3.8) is 0 Å². The molecule has 1 aromatic rings. The van der Waals surface area contributed by atoms with E-state index >= 15 is 13.2 Å². The smallest absolute Gasteiger partial charge is 0.433 e. The zero-order valence-electron chi connectivity index (χ0n) is 24.3. The molecule has 2 aliphatic heterocycles. The lowest BCUT2D eigenvalue weighted by Gasteiger charge is -2.37. The van der Waals surface area contributed by atoms with E-state index in [1.165, 1.54) is 32.1 Å². The van der Waals surface area contributed by atoms with Crippen molar-refractivity contribution in [2.75, 3.05) is 0 Å². The highest BCUT2D eigenvalue weighted by Crippen LogP contribution is 2.48. The first kappa shape index (κ1) is 32.0. The second-order valence-electron chi connectivity index (χ2n) is 12.2. The highest BCUT2D eigenvalue weighted by atomic mass is 19.4. The maximum absolute atomic E-state index is 15.1. The van der Waals surface area contributed by atoms with Crippen molar-refractivity contribution in [1.82, 2.24) is 0 Å². The predicted octanol–water partition coefficient (Wildman–Crippen LogP) is 6.53. The first-order valence-electron chi connectivity index (χ1n) is 14.0. The Hall–Kier alpha value is -2.52. The molecular weight excluding hydrogens is 523 g/mol. The SMILES string of the molecule is CC1=CCC(c2ccc3c(c2)N=C(C)CC3)(C(F)(F)F)OC(=O)CC(O)C(C)(C)C(=O)C(C)C(O)C(C)CCC1. The summed E-state index contributed by atoms with van der Waals surface area (Å²) in [6.45, 7) is 9.80. The molecule has 0 fully saturated rings. The van der Waals surface area contributed by atoms with Crippen LogP contribution in [0.3, 0.4) is 0 Å². The van der Waals surface area contributed by atoms with Gasteiger partial charge in [-0.1, -0.05) is 51.5 Å². The fraction of sp³-hybridized carbons (Fsp3) is 0.645. The molecule has 2 N–H and O–H groups in total. The normalized spacial score (nSPS) is 31.1. The standard InChI is InChI=1S/C31H42F3NO5/c1-18-8-7-9-19(2)27(38)21(4)28(39)29(5,6)25(36)17-26(37)40-30(15-14-18,31(32,33)34)23-13-12-22-11-10-20(3)35-24(22)16-23/h12-14,16,19,21,25,27,36,38H,7-11,15,17H2,1-6H3. The van der Waals surface area contributed by atoms with Gasteiger partial charge in [0.05, 0.1) is 29.7 Å². The van der Waals surface area contributed by atoms with Crippen molar-refractivity contribution >= 4 is 23.2 Å². The number of nitrogens with zero attached hydrogens (tertiary/aromatic N) is 1. The molecule has 0 saturated carbocycles. The van der Waals surface area contributed by atoms with E-state index in [1.807, 2.05) is 13.8 Å². The van der Waals surface area contributed by atoms with Crippen molar-refractivity contribution in [3.05, 3.63) is 41.0 Å². The van der Waals surface area contributed by atoms with E-state index in [9.17, 15) is 19.8 Å². The van der Waals surface area contributed by atoms with Crippen molar-refractivity contribution in [2.24, 2.45) is 22.2 Å². The molecule has 5 unspecified atom stereocenters. The lowest BCUT2D eigenvalue weighted by Crippen LogP contribution is -2.48. The Kier molecular flexibility index (Phi) is 9.72. The van der Waals surface area contributed by atoms with Gasteiger partial charge < -0.3 is 14.9 Å². The van der Waals surface area contributed by atoms with E-state index in [1.54, 1.807) is 19.9 Å². The minimum absolute atomic E-state index is 0.244. The Morgan fingerprint density at radius 3 is 2.38 bits per heavy atom. The van der Waals surface area contributed by atoms with Gasteiger partial charge >= 0.3 is 12.1 Å². The van der Waals surface area contributed by atoms with E-state index in [0.717, 1.165) is 11.3 Å². The summed E-state index contributed by atoms with van der Waals surface area (Å²) in [5.41, 5.74) is -2.03. The van der Waals surface area contributed by atoms with Crippen LogP contribution in [0.4, 0.5) is 18.9 Å². The Bertz CT molecular complexity index is 1170. The van der Waals surface area contributed by atoms with Crippen LogP contribution in [0.1, 0.15) is 91.2 Å². The molecule has 0 radical (unpaired) electrons. The van der Waals surface area contributed by atoms with E-state index in [0.29, 0.717) is 43.4 Å². The van der Waals surface area contributed by atoms with Crippen LogP contribution >= 0.6 is 0 Å². The summed E-state index contributed by atoms with van der Waals surface area (Å²) in [4.78, 5) is 30.9. The van der Waals surface area contributed by atoms with Crippen LogP contribution in [0.25, 0.3) is 0 Å². The Balaban J connectivity index is 2.11. The highest BCUT2D eigenvalue weighted by molar-refractivity contribution is 5.88. The molecule has 40 heavy (non-hydrogen) atoms. The molecule has 0 bridgehead atoms. The Labute approximate surface area is 234 Å². The van der Waals surface area contributed by atoms with Crippen LogP contribution in [0, 0.1) is 17.3 Å². The summed E-state index contributed by atoms with van der Waals surface area (Å²) in [5.74, 6) is -2.83. The second kappa shape index (κ2) is 12.1. The molecule has 0 spiro atoms. The number of carbonyl (C=O) groups is 2. The number of hydrogen-bond donors (Lipinski definition) is 2. The van der Waals surface area contributed by atoms with Crippen molar-refractivity contribution in [1.29, 1.82) is 0 Å². The summed E-state index contributed by atoms with van der Waals surface area (Å²) in [5, 5.41) is 21.7. The van der Waals surface area contributed by atoms with Gasteiger partial charge in [0.2, 0.25) is 5.60 Å². The second-order valence-corrected chi connectivity index (χ2v) is 12.2. The van der Waals surface area contributed by atoms with Gasteiger partial charge in [-0.3, -0.25) is 14.6 Å². The summed E-state index contributed by atoms with van der Waals surface area (Å²) < 4.78 is 50.5. The quantitative estimate of drug-likeness (QED) is 0.298. The summed E-state index contributed by atoms with van der Waals surface area (Å²) in [6, 6.07) is 4.28. The number of carbonyl (C=O) groups excluding carboxylic acids is 2. The zero-order valence-corrected chi connectivity index (χ0v) is 24.3. The molecule has 0 aromatic heterocycles. The molecule has 5 atom stereocenters. The number of alkyl halides is 3. The van der Waals surface area contributed by atoms with Crippen LogP contribution in [-0.2, 0) is 26.3 Å².